The Balaban J connectivity index is 1.09. The molecule has 12 nitrogen and oxygen atoms in total. The Hall–Kier alpha value is -3.72. The number of carbonyl (C=O) groups is 2. The van der Waals surface area contributed by atoms with Gasteiger partial charge in [0.1, 0.15) is 12.2 Å². The Bertz CT molecular complexity index is 1230. The molecule has 0 spiro atoms. The van der Waals surface area contributed by atoms with Crippen LogP contribution in [0, 0.1) is 0 Å². The van der Waals surface area contributed by atoms with Gasteiger partial charge in [0.25, 0.3) is 0 Å². The molecule has 0 bridgehead atoms. The lowest BCUT2D eigenvalue weighted by molar-refractivity contribution is -0.146. The maximum absolute atomic E-state index is 11.5. The smallest absolute Gasteiger partial charge is 0.305 e. The standard InChI is InChI=1S/C41H56O12/c42-39(43)18-10-11-19-40(44)52-34-32-50-30-28-48-26-24-46-22-20-45-21-23-47-25-27-49-29-31-51-33-35-53-41(36-12-4-1-5-13-36,37-14-6-2-7-15-37)38-16-8-3-9-17-38/h1-9,12-17H,10-11,18-35H2,(H,42,43). The van der Waals surface area contributed by atoms with E-state index in [-0.39, 0.29) is 32.0 Å². The molecule has 1 N–H and O–H groups in total. The summed E-state index contributed by atoms with van der Waals surface area (Å²) in [6.45, 7) is 6.68. The first-order valence-electron chi connectivity index (χ1n) is 18.3. The van der Waals surface area contributed by atoms with E-state index in [1.807, 2.05) is 54.6 Å². The van der Waals surface area contributed by atoms with E-state index in [9.17, 15) is 9.59 Å². The summed E-state index contributed by atoms with van der Waals surface area (Å²) in [5, 5.41) is 8.57. The van der Waals surface area contributed by atoms with E-state index >= 15 is 0 Å². The van der Waals surface area contributed by atoms with Crippen molar-refractivity contribution in [3.05, 3.63) is 108 Å². The second kappa shape index (κ2) is 28.7. The van der Waals surface area contributed by atoms with Gasteiger partial charge in [0.2, 0.25) is 0 Å². The second-order valence-electron chi connectivity index (χ2n) is 11.7. The summed E-state index contributed by atoms with van der Waals surface area (Å²) in [6.07, 6.45) is 1.23. The van der Waals surface area contributed by atoms with Gasteiger partial charge >= 0.3 is 11.9 Å². The van der Waals surface area contributed by atoms with Crippen LogP contribution in [-0.4, -0.2) is 123 Å². The van der Waals surface area contributed by atoms with Gasteiger partial charge in [-0.15, -0.1) is 0 Å². The Morgan fingerprint density at radius 2 is 0.717 bits per heavy atom. The molecule has 0 aliphatic rings. The van der Waals surface area contributed by atoms with Crippen molar-refractivity contribution >= 4 is 11.9 Å². The molecular weight excluding hydrogens is 684 g/mol. The van der Waals surface area contributed by atoms with Gasteiger partial charge in [-0.2, -0.15) is 0 Å². The fraction of sp³-hybridized carbons (Fsp3) is 0.512. The number of rotatable bonds is 33. The molecule has 0 heterocycles. The van der Waals surface area contributed by atoms with Crippen LogP contribution in [0.4, 0.5) is 0 Å². The maximum Gasteiger partial charge on any atom is 0.305 e. The third-order valence-corrected chi connectivity index (χ3v) is 7.83. The average Bonchev–Trinajstić information content (AvgIpc) is 3.19. The maximum atomic E-state index is 11.5. The predicted octanol–water partition coefficient (Wildman–Crippen LogP) is 5.30. The molecule has 0 aliphatic heterocycles. The zero-order chi connectivity index (χ0) is 37.5. The van der Waals surface area contributed by atoms with Crippen molar-refractivity contribution in [1.29, 1.82) is 0 Å². The van der Waals surface area contributed by atoms with Crippen LogP contribution in [0.15, 0.2) is 91.0 Å². The topological polar surface area (TPSA) is 137 Å². The number of aliphatic carboxylic acids is 1. The van der Waals surface area contributed by atoms with Crippen molar-refractivity contribution in [1.82, 2.24) is 0 Å². The third-order valence-electron chi connectivity index (χ3n) is 7.83. The van der Waals surface area contributed by atoms with Gasteiger partial charge in [-0.3, -0.25) is 9.59 Å². The molecule has 292 valence electrons. The molecule has 0 amide bonds. The summed E-state index contributed by atoms with van der Waals surface area (Å²) >= 11 is 0. The van der Waals surface area contributed by atoms with Gasteiger partial charge < -0.3 is 47.7 Å². The van der Waals surface area contributed by atoms with E-state index in [0.29, 0.717) is 105 Å². The highest BCUT2D eigenvalue weighted by Gasteiger charge is 2.37. The van der Waals surface area contributed by atoms with Crippen LogP contribution in [0.2, 0.25) is 0 Å². The van der Waals surface area contributed by atoms with Crippen LogP contribution in [0.5, 0.6) is 0 Å². The summed E-state index contributed by atoms with van der Waals surface area (Å²) in [6, 6.07) is 30.9. The van der Waals surface area contributed by atoms with Gasteiger partial charge in [0, 0.05) is 12.8 Å². The summed E-state index contributed by atoms with van der Waals surface area (Å²) in [5.41, 5.74) is 2.41. The van der Waals surface area contributed by atoms with Gasteiger partial charge in [0.05, 0.1) is 99.1 Å². The van der Waals surface area contributed by atoms with Crippen molar-refractivity contribution in [3.8, 4) is 0 Å². The number of ether oxygens (including phenoxy) is 9. The van der Waals surface area contributed by atoms with Crippen molar-refractivity contribution in [2.45, 2.75) is 31.3 Å². The number of hydrogen-bond donors (Lipinski definition) is 1. The van der Waals surface area contributed by atoms with Crippen LogP contribution in [0.3, 0.4) is 0 Å². The van der Waals surface area contributed by atoms with E-state index in [4.69, 9.17) is 47.7 Å². The molecule has 3 rings (SSSR count). The highest BCUT2D eigenvalue weighted by atomic mass is 16.6. The lowest BCUT2D eigenvalue weighted by Crippen LogP contribution is -2.34. The first-order chi connectivity index (χ1) is 26.1. The minimum absolute atomic E-state index is 0.0588. The normalized spacial score (nSPS) is 11.5. The molecule has 0 aromatic heterocycles. The summed E-state index contributed by atoms with van der Waals surface area (Å²) in [4.78, 5) is 22.0. The first-order valence-corrected chi connectivity index (χ1v) is 18.3. The van der Waals surface area contributed by atoms with Crippen molar-refractivity contribution in [2.75, 3.05) is 106 Å². The number of carboxylic acid groups (broad SMARTS) is 1. The van der Waals surface area contributed by atoms with E-state index in [0.717, 1.165) is 16.7 Å². The quantitative estimate of drug-likeness (QED) is 0.0493. The molecule has 0 radical (unpaired) electrons. The molecule has 3 aromatic carbocycles. The third kappa shape index (κ3) is 18.7. The predicted molar refractivity (Wildman–Crippen MR) is 198 cm³/mol. The van der Waals surface area contributed by atoms with Crippen LogP contribution in [-0.2, 0) is 57.8 Å². The molecule has 0 fully saturated rings. The Kier molecular flexibility index (Phi) is 23.7. The zero-order valence-corrected chi connectivity index (χ0v) is 30.7. The second-order valence-corrected chi connectivity index (χ2v) is 11.7. The highest BCUT2D eigenvalue weighted by Crippen LogP contribution is 2.40. The van der Waals surface area contributed by atoms with Crippen molar-refractivity contribution < 1.29 is 57.3 Å². The molecule has 0 saturated heterocycles. The summed E-state index contributed by atoms with van der Waals surface area (Å²) in [5.74, 6) is -1.21. The van der Waals surface area contributed by atoms with Crippen LogP contribution in [0.1, 0.15) is 42.4 Å². The molecule has 0 aliphatic carbocycles. The molecule has 12 heteroatoms. The molecular formula is C41H56O12. The van der Waals surface area contributed by atoms with Crippen molar-refractivity contribution in [2.24, 2.45) is 0 Å². The summed E-state index contributed by atoms with van der Waals surface area (Å²) in [7, 11) is 0. The Morgan fingerprint density at radius 3 is 1.06 bits per heavy atom. The lowest BCUT2D eigenvalue weighted by atomic mass is 9.80. The largest absolute Gasteiger partial charge is 0.481 e. The van der Waals surface area contributed by atoms with Gasteiger partial charge in [-0.05, 0) is 29.5 Å². The molecule has 0 atom stereocenters. The Labute approximate surface area is 313 Å². The monoisotopic (exact) mass is 740 g/mol. The molecule has 53 heavy (non-hydrogen) atoms. The highest BCUT2D eigenvalue weighted by molar-refractivity contribution is 5.69. The SMILES string of the molecule is O=C(O)CCCCC(=O)OCCOCCOCCOCCOCCOCCOCCOCCOC(c1ccccc1)(c1ccccc1)c1ccccc1. The number of carbonyl (C=O) groups excluding carboxylic acids is 1. The number of benzene rings is 3. The van der Waals surface area contributed by atoms with Crippen LogP contribution < -0.4 is 0 Å². The molecule has 0 unspecified atom stereocenters. The van der Waals surface area contributed by atoms with E-state index in [2.05, 4.69) is 36.4 Å². The van der Waals surface area contributed by atoms with E-state index in [1.54, 1.807) is 0 Å². The van der Waals surface area contributed by atoms with Crippen LogP contribution in [0.25, 0.3) is 0 Å². The first kappa shape index (κ1) is 43.7. The molecule has 0 saturated carbocycles. The lowest BCUT2D eigenvalue weighted by Gasteiger charge is -2.36. The Morgan fingerprint density at radius 1 is 0.415 bits per heavy atom. The average molecular weight is 741 g/mol. The van der Waals surface area contributed by atoms with E-state index < -0.39 is 11.6 Å². The van der Waals surface area contributed by atoms with Gasteiger partial charge in [-0.25, -0.2) is 0 Å². The zero-order valence-electron chi connectivity index (χ0n) is 30.7. The fourth-order valence-corrected chi connectivity index (χ4v) is 5.28. The minimum atomic E-state index is -0.863. The van der Waals surface area contributed by atoms with Crippen LogP contribution >= 0.6 is 0 Å². The van der Waals surface area contributed by atoms with E-state index in [1.165, 1.54) is 0 Å². The van der Waals surface area contributed by atoms with Gasteiger partial charge in [0.15, 0.2) is 0 Å². The van der Waals surface area contributed by atoms with Gasteiger partial charge in [-0.1, -0.05) is 91.0 Å². The minimum Gasteiger partial charge on any atom is -0.481 e. The summed E-state index contributed by atoms with van der Waals surface area (Å²) < 4.78 is 50.6. The van der Waals surface area contributed by atoms with Crippen molar-refractivity contribution in [3.63, 3.8) is 0 Å². The fourth-order valence-electron chi connectivity index (χ4n) is 5.28. The number of esters is 1. The number of unbranched alkanes of at least 4 members (excludes halogenated alkanes) is 1. The number of carboxylic acids is 1. The molecule has 3 aromatic rings. The number of hydrogen-bond acceptors (Lipinski definition) is 11.